The zero-order chi connectivity index (χ0) is 10.1. The van der Waals surface area contributed by atoms with Gasteiger partial charge in [0, 0.05) is 12.2 Å². The van der Waals surface area contributed by atoms with Gasteiger partial charge < -0.3 is 5.73 Å². The molecule has 2 aromatic rings. The summed E-state index contributed by atoms with van der Waals surface area (Å²) in [5.74, 6) is 0. The van der Waals surface area contributed by atoms with Crippen LogP contribution >= 0.6 is 0 Å². The molecule has 0 radical (unpaired) electrons. The lowest BCUT2D eigenvalue weighted by atomic mass is 10.4. The minimum absolute atomic E-state index is 0.122. The summed E-state index contributed by atoms with van der Waals surface area (Å²) in [5, 5.41) is 4.15. The summed E-state index contributed by atoms with van der Waals surface area (Å²) in [4.78, 5) is 11.7. The molecule has 0 unspecified atom stereocenters. The van der Waals surface area contributed by atoms with Crippen molar-refractivity contribution in [1.82, 2.24) is 14.2 Å². The number of hydrogen-bond acceptors (Lipinski definition) is 3. The molecule has 0 aliphatic carbocycles. The van der Waals surface area contributed by atoms with Crippen molar-refractivity contribution in [3.05, 3.63) is 34.4 Å². The molecule has 0 bridgehead atoms. The first kappa shape index (κ1) is 8.96. The monoisotopic (exact) mass is 192 g/mol. The van der Waals surface area contributed by atoms with E-state index in [1.54, 1.807) is 10.5 Å². The Hall–Kier alpha value is -1.62. The van der Waals surface area contributed by atoms with Crippen LogP contribution in [0.2, 0.25) is 0 Å². The number of aromatic nitrogens is 3. The summed E-state index contributed by atoms with van der Waals surface area (Å²) >= 11 is 0. The molecule has 2 rings (SSSR count). The van der Waals surface area contributed by atoms with Crippen LogP contribution in [-0.4, -0.2) is 20.7 Å². The summed E-state index contributed by atoms with van der Waals surface area (Å²) in [6.45, 7) is 2.76. The predicted octanol–water partition coefficient (Wildman–Crippen LogP) is -0.237. The molecule has 2 aromatic heterocycles. The third-order valence-electron chi connectivity index (χ3n) is 2.14. The normalized spacial score (nSPS) is 11.0. The summed E-state index contributed by atoms with van der Waals surface area (Å²) in [6, 6.07) is 5.56. The molecule has 0 aromatic carbocycles. The fourth-order valence-electron chi connectivity index (χ4n) is 1.48. The molecule has 5 heteroatoms. The van der Waals surface area contributed by atoms with E-state index >= 15 is 0 Å². The molecule has 0 fully saturated rings. The number of aryl methyl sites for hydroxylation is 1. The average Bonchev–Trinajstić information content (AvgIpc) is 2.46. The van der Waals surface area contributed by atoms with Crippen LogP contribution in [0.15, 0.2) is 23.0 Å². The first-order chi connectivity index (χ1) is 6.74. The molecular weight excluding hydrogens is 180 g/mol. The molecule has 0 atom stereocenters. The Kier molecular flexibility index (Phi) is 2.09. The van der Waals surface area contributed by atoms with Gasteiger partial charge in [0.1, 0.15) is 0 Å². The predicted molar refractivity (Wildman–Crippen MR) is 53.2 cm³/mol. The van der Waals surface area contributed by atoms with Crippen LogP contribution in [0.5, 0.6) is 0 Å². The van der Waals surface area contributed by atoms with Gasteiger partial charge in [-0.3, -0.25) is 0 Å². The Morgan fingerprint density at radius 2 is 2.29 bits per heavy atom. The maximum Gasteiger partial charge on any atom is 0.350 e. The SMILES string of the molecule is Cc1cccc2nn(CCN)c(=O)n12. The van der Waals surface area contributed by atoms with Gasteiger partial charge in [-0.1, -0.05) is 6.07 Å². The molecular formula is C9H12N4O. The van der Waals surface area contributed by atoms with E-state index in [2.05, 4.69) is 5.10 Å². The number of fused-ring (bicyclic) bond motifs is 1. The second-order valence-electron chi connectivity index (χ2n) is 3.16. The Balaban J connectivity index is 2.74. The van der Waals surface area contributed by atoms with Gasteiger partial charge in [-0.05, 0) is 19.1 Å². The molecule has 2 heterocycles. The lowest BCUT2D eigenvalue weighted by molar-refractivity contribution is 0.602. The highest BCUT2D eigenvalue weighted by molar-refractivity contribution is 5.37. The Morgan fingerprint density at radius 3 is 2.93 bits per heavy atom. The van der Waals surface area contributed by atoms with Crippen LogP contribution in [-0.2, 0) is 6.54 Å². The largest absolute Gasteiger partial charge is 0.350 e. The summed E-state index contributed by atoms with van der Waals surface area (Å²) in [6.07, 6.45) is 0. The van der Waals surface area contributed by atoms with Crippen molar-refractivity contribution in [1.29, 1.82) is 0 Å². The molecule has 5 nitrogen and oxygen atoms in total. The van der Waals surface area contributed by atoms with E-state index in [9.17, 15) is 4.79 Å². The van der Waals surface area contributed by atoms with E-state index in [1.807, 2.05) is 19.1 Å². The van der Waals surface area contributed by atoms with Gasteiger partial charge in [0.25, 0.3) is 0 Å². The summed E-state index contributed by atoms with van der Waals surface area (Å²) in [7, 11) is 0. The van der Waals surface area contributed by atoms with Crippen LogP contribution in [0.25, 0.3) is 5.65 Å². The molecule has 74 valence electrons. The summed E-state index contributed by atoms with van der Waals surface area (Å²) < 4.78 is 2.97. The van der Waals surface area contributed by atoms with E-state index in [0.717, 1.165) is 5.69 Å². The number of hydrogen-bond donors (Lipinski definition) is 1. The Labute approximate surface area is 80.8 Å². The van der Waals surface area contributed by atoms with Crippen LogP contribution in [0, 0.1) is 6.92 Å². The summed E-state index contributed by atoms with van der Waals surface area (Å²) in [5.41, 5.74) is 6.81. The zero-order valence-electron chi connectivity index (χ0n) is 7.97. The van der Waals surface area contributed by atoms with Gasteiger partial charge in [-0.25, -0.2) is 13.9 Å². The minimum Gasteiger partial charge on any atom is -0.329 e. The fourth-order valence-corrected chi connectivity index (χ4v) is 1.48. The fraction of sp³-hybridized carbons (Fsp3) is 0.333. The smallest absolute Gasteiger partial charge is 0.329 e. The van der Waals surface area contributed by atoms with E-state index in [-0.39, 0.29) is 5.69 Å². The van der Waals surface area contributed by atoms with E-state index < -0.39 is 0 Å². The lowest BCUT2D eigenvalue weighted by Crippen LogP contribution is -2.25. The highest BCUT2D eigenvalue weighted by Gasteiger charge is 2.06. The van der Waals surface area contributed by atoms with Crippen molar-refractivity contribution in [2.24, 2.45) is 5.73 Å². The molecule has 0 saturated carbocycles. The highest BCUT2D eigenvalue weighted by Crippen LogP contribution is 2.00. The minimum atomic E-state index is -0.122. The third kappa shape index (κ3) is 1.22. The quantitative estimate of drug-likeness (QED) is 0.714. The molecule has 0 amide bonds. The van der Waals surface area contributed by atoms with Crippen molar-refractivity contribution in [3.8, 4) is 0 Å². The Morgan fingerprint density at radius 1 is 1.50 bits per heavy atom. The first-order valence-electron chi connectivity index (χ1n) is 4.49. The number of rotatable bonds is 2. The maximum atomic E-state index is 11.7. The molecule has 2 N–H and O–H groups in total. The van der Waals surface area contributed by atoms with Crippen molar-refractivity contribution < 1.29 is 0 Å². The van der Waals surface area contributed by atoms with Crippen molar-refractivity contribution in [2.75, 3.05) is 6.54 Å². The topological polar surface area (TPSA) is 65.3 Å². The first-order valence-corrected chi connectivity index (χ1v) is 4.49. The molecule has 0 spiro atoms. The van der Waals surface area contributed by atoms with Gasteiger partial charge >= 0.3 is 5.69 Å². The maximum absolute atomic E-state index is 11.7. The lowest BCUT2D eigenvalue weighted by Gasteiger charge is -1.94. The highest BCUT2D eigenvalue weighted by atomic mass is 16.2. The van der Waals surface area contributed by atoms with Crippen LogP contribution in [0.3, 0.4) is 0 Å². The van der Waals surface area contributed by atoms with Crippen molar-refractivity contribution >= 4 is 5.65 Å². The third-order valence-corrected chi connectivity index (χ3v) is 2.14. The van der Waals surface area contributed by atoms with Gasteiger partial charge in [-0.15, -0.1) is 5.10 Å². The second kappa shape index (κ2) is 3.26. The number of nitrogens with two attached hydrogens (primary N) is 1. The molecule has 0 aliphatic rings. The molecule has 14 heavy (non-hydrogen) atoms. The molecule has 0 aliphatic heterocycles. The average molecular weight is 192 g/mol. The zero-order valence-corrected chi connectivity index (χ0v) is 7.97. The van der Waals surface area contributed by atoms with Gasteiger partial charge in [0.05, 0.1) is 6.54 Å². The Bertz CT molecular complexity index is 511. The molecule has 0 saturated heterocycles. The van der Waals surface area contributed by atoms with Crippen LogP contribution in [0.4, 0.5) is 0 Å². The van der Waals surface area contributed by atoms with Crippen molar-refractivity contribution in [2.45, 2.75) is 13.5 Å². The van der Waals surface area contributed by atoms with E-state index in [0.29, 0.717) is 18.7 Å². The van der Waals surface area contributed by atoms with Crippen molar-refractivity contribution in [3.63, 3.8) is 0 Å². The van der Waals surface area contributed by atoms with Gasteiger partial charge in [0.15, 0.2) is 5.65 Å². The van der Waals surface area contributed by atoms with Crippen LogP contribution < -0.4 is 11.4 Å². The van der Waals surface area contributed by atoms with E-state index in [1.165, 1.54) is 4.68 Å². The second-order valence-corrected chi connectivity index (χ2v) is 3.16. The van der Waals surface area contributed by atoms with Gasteiger partial charge in [0.2, 0.25) is 0 Å². The number of pyridine rings is 1. The van der Waals surface area contributed by atoms with Crippen LogP contribution in [0.1, 0.15) is 5.69 Å². The standard InChI is InChI=1S/C9H12N4O/c1-7-3-2-4-8-11-12(6-5-10)9(14)13(7)8/h2-4H,5-6,10H2,1H3. The van der Waals surface area contributed by atoms with E-state index in [4.69, 9.17) is 5.73 Å². The van der Waals surface area contributed by atoms with Gasteiger partial charge in [-0.2, -0.15) is 0 Å². The number of nitrogens with zero attached hydrogens (tertiary/aromatic N) is 3.